The monoisotopic (exact) mass is 262 g/mol. The minimum absolute atomic E-state index is 0.0327. The minimum Gasteiger partial charge on any atom is -0.391 e. The minimum atomic E-state index is -0.369. The molecule has 4 nitrogen and oxygen atoms in total. The summed E-state index contributed by atoms with van der Waals surface area (Å²) in [5, 5.41) is 9.61. The number of aliphatic hydroxyl groups excluding tert-OH is 1. The lowest BCUT2D eigenvalue weighted by atomic mass is 9.88. The van der Waals surface area contributed by atoms with Crippen LogP contribution in [0.3, 0.4) is 0 Å². The zero-order valence-corrected chi connectivity index (χ0v) is 10.9. The summed E-state index contributed by atoms with van der Waals surface area (Å²) in [4.78, 5) is 18.1. The summed E-state index contributed by atoms with van der Waals surface area (Å²) >= 11 is 1.53. The Morgan fingerprint density at radius 3 is 3.00 bits per heavy atom. The van der Waals surface area contributed by atoms with Crippen molar-refractivity contribution in [2.24, 2.45) is 0 Å². The number of rotatable bonds is 2. The lowest BCUT2D eigenvalue weighted by Crippen LogP contribution is -2.51. The van der Waals surface area contributed by atoms with E-state index in [1.54, 1.807) is 23.5 Å². The van der Waals surface area contributed by atoms with E-state index >= 15 is 0 Å². The average Bonchev–Trinajstić information content (AvgIpc) is 2.82. The molecule has 1 fully saturated rings. The molecular weight excluding hydrogens is 248 g/mol. The van der Waals surface area contributed by atoms with Crippen molar-refractivity contribution >= 4 is 27.5 Å². The van der Waals surface area contributed by atoms with Gasteiger partial charge >= 0.3 is 0 Å². The summed E-state index contributed by atoms with van der Waals surface area (Å²) in [6, 6.07) is 5.50. The van der Waals surface area contributed by atoms with E-state index < -0.39 is 0 Å². The third kappa shape index (κ3) is 1.79. The van der Waals surface area contributed by atoms with Crippen LogP contribution in [0.25, 0.3) is 10.2 Å². The van der Waals surface area contributed by atoms with Crippen molar-refractivity contribution in [1.29, 1.82) is 0 Å². The predicted molar refractivity (Wildman–Crippen MR) is 70.7 cm³/mol. The van der Waals surface area contributed by atoms with Crippen LogP contribution in [0.15, 0.2) is 23.7 Å². The SMILES string of the molecule is CN(C(=O)c1ccc2ncsc2c1)[C@@H]1CC[C@H]1O. The summed E-state index contributed by atoms with van der Waals surface area (Å²) in [7, 11) is 1.76. The Balaban J connectivity index is 1.86. The Hall–Kier alpha value is -1.46. The lowest BCUT2D eigenvalue weighted by Gasteiger charge is -2.39. The van der Waals surface area contributed by atoms with Gasteiger partial charge in [0.2, 0.25) is 0 Å². The molecule has 1 aromatic carbocycles. The van der Waals surface area contributed by atoms with E-state index in [0.29, 0.717) is 5.56 Å². The largest absolute Gasteiger partial charge is 0.391 e. The van der Waals surface area contributed by atoms with Crippen molar-refractivity contribution in [2.45, 2.75) is 25.0 Å². The number of carbonyl (C=O) groups excluding carboxylic acids is 1. The van der Waals surface area contributed by atoms with E-state index in [4.69, 9.17) is 0 Å². The number of carbonyl (C=O) groups is 1. The second kappa shape index (κ2) is 4.33. The van der Waals surface area contributed by atoms with Gasteiger partial charge in [-0.05, 0) is 31.0 Å². The maximum atomic E-state index is 12.3. The first-order chi connectivity index (χ1) is 8.66. The van der Waals surface area contributed by atoms with E-state index in [-0.39, 0.29) is 18.1 Å². The number of aromatic nitrogens is 1. The zero-order valence-electron chi connectivity index (χ0n) is 10.0. The summed E-state index contributed by atoms with van der Waals surface area (Å²) in [5.41, 5.74) is 3.36. The van der Waals surface area contributed by atoms with Crippen LogP contribution in [0.5, 0.6) is 0 Å². The van der Waals surface area contributed by atoms with Gasteiger partial charge in [0.25, 0.3) is 5.91 Å². The topological polar surface area (TPSA) is 53.4 Å². The molecule has 1 aliphatic carbocycles. The molecule has 18 heavy (non-hydrogen) atoms. The molecule has 94 valence electrons. The summed E-state index contributed by atoms with van der Waals surface area (Å²) in [5.74, 6) is -0.0333. The molecule has 0 bridgehead atoms. The van der Waals surface area contributed by atoms with Gasteiger partial charge in [0.15, 0.2) is 0 Å². The molecule has 0 spiro atoms. The molecule has 3 rings (SSSR count). The Bertz CT molecular complexity index is 595. The lowest BCUT2D eigenvalue weighted by molar-refractivity contribution is -0.00489. The van der Waals surface area contributed by atoms with Crippen LogP contribution in [-0.4, -0.2) is 40.1 Å². The van der Waals surface area contributed by atoms with Gasteiger partial charge in [-0.25, -0.2) is 4.98 Å². The van der Waals surface area contributed by atoms with E-state index in [9.17, 15) is 9.90 Å². The van der Waals surface area contributed by atoms with Gasteiger partial charge in [0.1, 0.15) is 0 Å². The highest BCUT2D eigenvalue weighted by atomic mass is 32.1. The molecule has 1 N–H and O–H groups in total. The number of hydrogen-bond donors (Lipinski definition) is 1. The van der Waals surface area contributed by atoms with Gasteiger partial charge in [-0.15, -0.1) is 11.3 Å². The normalized spacial score (nSPS) is 22.8. The molecule has 2 atom stereocenters. The van der Waals surface area contributed by atoms with Gasteiger partial charge in [-0.3, -0.25) is 4.79 Å². The smallest absolute Gasteiger partial charge is 0.253 e. The first-order valence-electron chi connectivity index (χ1n) is 5.95. The molecule has 0 unspecified atom stereocenters. The standard InChI is InChI=1S/C13H14N2O2S/c1-15(10-4-5-11(10)16)13(17)8-2-3-9-12(6-8)18-7-14-9/h2-3,6-7,10-11,16H,4-5H2,1H3/t10-,11-/m1/s1. The molecule has 0 saturated heterocycles. The predicted octanol–water partition coefficient (Wildman–Crippen LogP) is 1.89. The number of amides is 1. The highest BCUT2D eigenvalue weighted by Gasteiger charge is 2.34. The van der Waals surface area contributed by atoms with Crippen molar-refractivity contribution in [1.82, 2.24) is 9.88 Å². The maximum Gasteiger partial charge on any atom is 0.253 e. The van der Waals surface area contributed by atoms with Gasteiger partial charge in [0, 0.05) is 12.6 Å². The Kier molecular flexibility index (Phi) is 2.80. The quantitative estimate of drug-likeness (QED) is 0.899. The van der Waals surface area contributed by atoms with Gasteiger partial charge < -0.3 is 10.0 Å². The number of fused-ring (bicyclic) bond motifs is 1. The number of hydrogen-bond acceptors (Lipinski definition) is 4. The second-order valence-electron chi connectivity index (χ2n) is 4.66. The molecule has 1 amide bonds. The molecule has 1 heterocycles. The fraction of sp³-hybridized carbons (Fsp3) is 0.385. The van der Waals surface area contributed by atoms with Crippen LogP contribution in [-0.2, 0) is 0 Å². The molecule has 1 saturated carbocycles. The number of thiazole rings is 1. The molecule has 0 aliphatic heterocycles. The molecule has 1 aliphatic rings. The van der Waals surface area contributed by atoms with Crippen LogP contribution >= 0.6 is 11.3 Å². The number of likely N-dealkylation sites (N-methyl/N-ethyl adjacent to an activating group) is 1. The Morgan fingerprint density at radius 1 is 1.50 bits per heavy atom. The van der Waals surface area contributed by atoms with E-state index in [1.165, 1.54) is 11.3 Å². The molecule has 1 aromatic heterocycles. The molecular formula is C13H14N2O2S. The van der Waals surface area contributed by atoms with Crippen LogP contribution in [0.2, 0.25) is 0 Å². The zero-order chi connectivity index (χ0) is 12.7. The fourth-order valence-electron chi connectivity index (χ4n) is 2.26. The Labute approximate surface area is 109 Å². The maximum absolute atomic E-state index is 12.3. The van der Waals surface area contributed by atoms with Crippen molar-refractivity contribution in [3.63, 3.8) is 0 Å². The third-order valence-corrected chi connectivity index (χ3v) is 4.39. The molecule has 5 heteroatoms. The third-order valence-electron chi connectivity index (χ3n) is 3.60. The molecule has 0 radical (unpaired) electrons. The van der Waals surface area contributed by atoms with E-state index in [0.717, 1.165) is 23.1 Å². The highest BCUT2D eigenvalue weighted by molar-refractivity contribution is 7.16. The van der Waals surface area contributed by atoms with Gasteiger partial charge in [-0.1, -0.05) is 0 Å². The summed E-state index contributed by atoms with van der Waals surface area (Å²) in [6.07, 6.45) is 1.30. The van der Waals surface area contributed by atoms with E-state index in [2.05, 4.69) is 4.98 Å². The summed E-state index contributed by atoms with van der Waals surface area (Å²) < 4.78 is 1.02. The number of benzene rings is 1. The van der Waals surface area contributed by atoms with Gasteiger partial charge in [-0.2, -0.15) is 0 Å². The van der Waals surface area contributed by atoms with Crippen LogP contribution < -0.4 is 0 Å². The van der Waals surface area contributed by atoms with Crippen LogP contribution in [0, 0.1) is 0 Å². The Morgan fingerprint density at radius 2 is 2.33 bits per heavy atom. The fourth-order valence-corrected chi connectivity index (χ4v) is 2.98. The second-order valence-corrected chi connectivity index (χ2v) is 5.55. The molecule has 2 aromatic rings. The first-order valence-corrected chi connectivity index (χ1v) is 6.83. The van der Waals surface area contributed by atoms with Crippen molar-refractivity contribution in [3.8, 4) is 0 Å². The average molecular weight is 262 g/mol. The van der Waals surface area contributed by atoms with Crippen LogP contribution in [0.4, 0.5) is 0 Å². The summed E-state index contributed by atoms with van der Waals surface area (Å²) in [6.45, 7) is 0. The highest BCUT2D eigenvalue weighted by Crippen LogP contribution is 2.26. The number of aliphatic hydroxyl groups is 1. The van der Waals surface area contributed by atoms with Crippen molar-refractivity contribution < 1.29 is 9.90 Å². The van der Waals surface area contributed by atoms with Gasteiger partial charge in [0.05, 0.1) is 27.9 Å². The van der Waals surface area contributed by atoms with Crippen LogP contribution in [0.1, 0.15) is 23.2 Å². The first kappa shape index (κ1) is 11.6. The van der Waals surface area contributed by atoms with Crippen molar-refractivity contribution in [2.75, 3.05) is 7.05 Å². The van der Waals surface area contributed by atoms with Crippen molar-refractivity contribution in [3.05, 3.63) is 29.3 Å². The van der Waals surface area contributed by atoms with E-state index in [1.807, 2.05) is 12.1 Å². The number of nitrogens with zero attached hydrogens (tertiary/aromatic N) is 2.